The highest BCUT2D eigenvalue weighted by atomic mass is 35.5. The average Bonchev–Trinajstić information content (AvgIpc) is 2.55. The third-order valence-electron chi connectivity index (χ3n) is 3.28. The van der Waals surface area contributed by atoms with Crippen LogP contribution in [0.15, 0.2) is 0 Å². The quantitative estimate of drug-likeness (QED) is 0.478. The van der Waals surface area contributed by atoms with Crippen LogP contribution in [0.5, 0.6) is 0 Å². The molecule has 12 heavy (non-hydrogen) atoms. The first-order chi connectivity index (χ1) is 5.58. The maximum Gasteiger partial charge on any atom is 0.0471 e. The summed E-state index contributed by atoms with van der Waals surface area (Å²) in [5.74, 6) is 0.785. The van der Waals surface area contributed by atoms with Crippen LogP contribution >= 0.6 is 11.6 Å². The maximum atomic E-state index is 5.96. The second kappa shape index (κ2) is 3.55. The fourth-order valence-electron chi connectivity index (χ4n) is 1.94. The molecule has 1 aliphatic rings. The van der Waals surface area contributed by atoms with Crippen molar-refractivity contribution in [3.63, 3.8) is 0 Å². The van der Waals surface area contributed by atoms with E-state index in [0.29, 0.717) is 10.8 Å². The van der Waals surface area contributed by atoms with Crippen molar-refractivity contribution in [1.82, 2.24) is 0 Å². The predicted octanol–water partition coefficient (Wildman–Crippen LogP) is 3.07. The topological polar surface area (TPSA) is 9.23 Å². The summed E-state index contributed by atoms with van der Waals surface area (Å²) >= 11 is 5.96. The Morgan fingerprint density at radius 2 is 2.00 bits per heavy atom. The zero-order valence-corrected chi connectivity index (χ0v) is 9.08. The van der Waals surface area contributed by atoms with E-state index >= 15 is 0 Å². The average molecular weight is 191 g/mol. The third-order valence-corrected chi connectivity index (χ3v) is 3.79. The minimum Gasteiger partial charge on any atom is -0.382 e. The van der Waals surface area contributed by atoms with Gasteiger partial charge < -0.3 is 4.74 Å². The summed E-state index contributed by atoms with van der Waals surface area (Å²) in [7, 11) is 0. The highest BCUT2D eigenvalue weighted by Crippen LogP contribution is 2.65. The van der Waals surface area contributed by atoms with Crippen LogP contribution in [-0.4, -0.2) is 19.1 Å². The van der Waals surface area contributed by atoms with Crippen LogP contribution in [0.25, 0.3) is 0 Å². The summed E-state index contributed by atoms with van der Waals surface area (Å²) < 4.78 is 5.35. The van der Waals surface area contributed by atoms with E-state index in [1.807, 2.05) is 6.92 Å². The van der Waals surface area contributed by atoms with Gasteiger partial charge in [0, 0.05) is 19.1 Å². The monoisotopic (exact) mass is 190 g/mol. The molecular weight excluding hydrogens is 172 g/mol. The first-order valence-corrected chi connectivity index (χ1v) is 5.25. The van der Waals surface area contributed by atoms with Crippen LogP contribution < -0.4 is 0 Å². The highest BCUT2D eigenvalue weighted by molar-refractivity contribution is 6.18. The summed E-state index contributed by atoms with van der Waals surface area (Å²) in [6.07, 6.45) is 2.38. The predicted molar refractivity (Wildman–Crippen MR) is 52.7 cm³/mol. The van der Waals surface area contributed by atoms with Crippen molar-refractivity contribution < 1.29 is 4.74 Å². The van der Waals surface area contributed by atoms with Crippen molar-refractivity contribution in [2.45, 2.75) is 33.6 Å². The first kappa shape index (κ1) is 10.3. The molecule has 0 radical (unpaired) electrons. The molecule has 0 aromatic rings. The van der Waals surface area contributed by atoms with Gasteiger partial charge in [0.05, 0.1) is 0 Å². The van der Waals surface area contributed by atoms with Gasteiger partial charge in [0.1, 0.15) is 0 Å². The third kappa shape index (κ3) is 1.77. The molecular formula is C10H19ClO. The maximum absolute atomic E-state index is 5.96. The molecule has 1 rings (SSSR count). The lowest BCUT2D eigenvalue weighted by atomic mass is 9.95. The van der Waals surface area contributed by atoms with Crippen molar-refractivity contribution in [1.29, 1.82) is 0 Å². The van der Waals surface area contributed by atoms with E-state index < -0.39 is 0 Å². The minimum atomic E-state index is 0.379. The number of hydrogen-bond acceptors (Lipinski definition) is 1. The van der Waals surface area contributed by atoms with Crippen LogP contribution in [-0.2, 0) is 4.74 Å². The van der Waals surface area contributed by atoms with Crippen molar-refractivity contribution in [2.24, 2.45) is 10.8 Å². The van der Waals surface area contributed by atoms with Gasteiger partial charge in [0.15, 0.2) is 0 Å². The number of rotatable bonds is 5. The summed E-state index contributed by atoms with van der Waals surface area (Å²) in [6, 6.07) is 0. The van der Waals surface area contributed by atoms with Gasteiger partial charge in [0.25, 0.3) is 0 Å². The van der Waals surface area contributed by atoms with E-state index in [9.17, 15) is 0 Å². The molecule has 0 aromatic carbocycles. The standard InChI is InChI=1S/C10H19ClO/c1-4-12-6-5-10(8-11)7-9(10,2)3/h4-8H2,1-3H3. The van der Waals surface area contributed by atoms with Gasteiger partial charge >= 0.3 is 0 Å². The van der Waals surface area contributed by atoms with E-state index in [-0.39, 0.29) is 0 Å². The van der Waals surface area contributed by atoms with Crippen molar-refractivity contribution >= 4 is 11.6 Å². The van der Waals surface area contributed by atoms with Gasteiger partial charge in [-0.25, -0.2) is 0 Å². The van der Waals surface area contributed by atoms with E-state index in [2.05, 4.69) is 13.8 Å². The van der Waals surface area contributed by atoms with Gasteiger partial charge in [0.2, 0.25) is 0 Å². The Balaban J connectivity index is 2.30. The van der Waals surface area contributed by atoms with Gasteiger partial charge in [-0.1, -0.05) is 13.8 Å². The van der Waals surface area contributed by atoms with Gasteiger partial charge in [-0.3, -0.25) is 0 Å². The van der Waals surface area contributed by atoms with E-state index in [0.717, 1.165) is 25.5 Å². The molecule has 2 heteroatoms. The SMILES string of the molecule is CCOCCC1(CCl)CC1(C)C. The molecule has 0 bridgehead atoms. The van der Waals surface area contributed by atoms with Crippen LogP contribution in [0, 0.1) is 10.8 Å². The highest BCUT2D eigenvalue weighted by Gasteiger charge is 2.59. The summed E-state index contributed by atoms with van der Waals surface area (Å²) in [5, 5.41) is 0. The smallest absolute Gasteiger partial charge is 0.0471 e. The van der Waals surface area contributed by atoms with E-state index in [1.54, 1.807) is 0 Å². The first-order valence-electron chi connectivity index (χ1n) is 4.72. The molecule has 1 unspecified atom stereocenters. The zero-order chi connectivity index (χ0) is 9.24. The molecule has 1 saturated carbocycles. The molecule has 1 nitrogen and oxygen atoms in total. The number of halogens is 1. The Bertz CT molecular complexity index is 156. The molecule has 1 fully saturated rings. The Kier molecular flexibility index (Phi) is 3.06. The number of alkyl halides is 1. The van der Waals surface area contributed by atoms with Crippen LogP contribution in [0.1, 0.15) is 33.6 Å². The Morgan fingerprint density at radius 3 is 2.33 bits per heavy atom. The Labute approximate surface area is 80.4 Å². The number of ether oxygens (including phenoxy) is 1. The van der Waals surface area contributed by atoms with E-state index in [4.69, 9.17) is 16.3 Å². The molecule has 72 valence electrons. The normalized spacial score (nSPS) is 32.0. The Hall–Kier alpha value is 0.250. The zero-order valence-electron chi connectivity index (χ0n) is 8.32. The summed E-state index contributed by atoms with van der Waals surface area (Å²) in [5.41, 5.74) is 0.829. The van der Waals surface area contributed by atoms with Gasteiger partial charge in [-0.2, -0.15) is 0 Å². The minimum absolute atomic E-state index is 0.379. The van der Waals surface area contributed by atoms with E-state index in [1.165, 1.54) is 6.42 Å². The van der Waals surface area contributed by atoms with Crippen molar-refractivity contribution in [3.8, 4) is 0 Å². The van der Waals surface area contributed by atoms with Crippen LogP contribution in [0.2, 0.25) is 0 Å². The Morgan fingerprint density at radius 1 is 1.42 bits per heavy atom. The molecule has 0 spiro atoms. The summed E-state index contributed by atoms with van der Waals surface area (Å²) in [6.45, 7) is 8.31. The van der Waals surface area contributed by atoms with Crippen molar-refractivity contribution in [2.75, 3.05) is 19.1 Å². The van der Waals surface area contributed by atoms with Gasteiger partial charge in [-0.05, 0) is 30.6 Å². The summed E-state index contributed by atoms with van der Waals surface area (Å²) in [4.78, 5) is 0. The number of hydrogen-bond donors (Lipinski definition) is 0. The van der Waals surface area contributed by atoms with Gasteiger partial charge in [-0.15, -0.1) is 11.6 Å². The lowest BCUT2D eigenvalue weighted by molar-refractivity contribution is 0.125. The molecule has 1 aliphatic carbocycles. The molecule has 0 aromatic heterocycles. The molecule has 0 amide bonds. The molecule has 1 atom stereocenters. The lowest BCUT2D eigenvalue weighted by Crippen LogP contribution is -2.14. The largest absolute Gasteiger partial charge is 0.382 e. The second-order valence-corrected chi connectivity index (χ2v) is 4.69. The van der Waals surface area contributed by atoms with Crippen molar-refractivity contribution in [3.05, 3.63) is 0 Å². The molecule has 0 N–H and O–H groups in total. The molecule has 0 heterocycles. The van der Waals surface area contributed by atoms with Crippen LogP contribution in [0.3, 0.4) is 0 Å². The molecule has 0 aliphatic heterocycles. The fourth-order valence-corrected chi connectivity index (χ4v) is 2.53. The second-order valence-electron chi connectivity index (χ2n) is 4.42. The fraction of sp³-hybridized carbons (Fsp3) is 1.00. The molecule has 0 saturated heterocycles. The van der Waals surface area contributed by atoms with Crippen LogP contribution in [0.4, 0.5) is 0 Å². The lowest BCUT2D eigenvalue weighted by Gasteiger charge is -2.16.